The molecule has 3 aromatic rings. The Bertz CT molecular complexity index is 908. The number of nitrogen functional groups attached to an aromatic ring is 1. The van der Waals surface area contributed by atoms with Crippen LogP contribution in [-0.2, 0) is 6.54 Å². The van der Waals surface area contributed by atoms with Crippen molar-refractivity contribution in [3.63, 3.8) is 0 Å². The summed E-state index contributed by atoms with van der Waals surface area (Å²) in [6.45, 7) is 10.3. The summed E-state index contributed by atoms with van der Waals surface area (Å²) in [5.74, 6) is 1.15. The van der Waals surface area contributed by atoms with Crippen molar-refractivity contribution >= 4 is 22.7 Å². The topological polar surface area (TPSA) is 76.1 Å². The van der Waals surface area contributed by atoms with Crippen LogP contribution in [0.25, 0.3) is 11.2 Å². The van der Waals surface area contributed by atoms with E-state index in [0.29, 0.717) is 17.2 Å². The van der Waals surface area contributed by atoms with Crippen LogP contribution in [0.4, 0.5) is 11.5 Å². The number of aromatic nitrogens is 4. The van der Waals surface area contributed by atoms with Crippen LogP contribution in [0.3, 0.4) is 0 Å². The summed E-state index contributed by atoms with van der Waals surface area (Å²) >= 11 is 0. The lowest BCUT2D eigenvalue weighted by atomic mass is 10.2. The first-order chi connectivity index (χ1) is 13.1. The first-order valence-electron chi connectivity index (χ1n) is 9.59. The standard InChI is InChI=1S/C20H27N7/c1-15-4-6-17(7-5-15)26-12-10-25(11-13-26)8-3-9-27-14-22-18-19(21)23-16(2)24-20(18)27/h4-7,14H,3,8-13H2,1-2H3,(H2,21,23,24). The van der Waals surface area contributed by atoms with E-state index in [1.807, 2.05) is 13.3 Å². The fourth-order valence-corrected chi connectivity index (χ4v) is 3.69. The van der Waals surface area contributed by atoms with E-state index in [4.69, 9.17) is 5.73 Å². The van der Waals surface area contributed by atoms with Crippen molar-refractivity contribution in [3.8, 4) is 0 Å². The molecule has 1 aromatic carbocycles. The largest absolute Gasteiger partial charge is 0.382 e. The van der Waals surface area contributed by atoms with Gasteiger partial charge >= 0.3 is 0 Å². The Hall–Kier alpha value is -2.67. The third kappa shape index (κ3) is 3.88. The molecule has 0 unspecified atom stereocenters. The van der Waals surface area contributed by atoms with Crippen molar-refractivity contribution < 1.29 is 0 Å². The summed E-state index contributed by atoms with van der Waals surface area (Å²) < 4.78 is 2.09. The molecule has 0 atom stereocenters. The Labute approximate surface area is 159 Å². The minimum Gasteiger partial charge on any atom is -0.382 e. The van der Waals surface area contributed by atoms with E-state index in [1.165, 1.54) is 11.3 Å². The molecule has 27 heavy (non-hydrogen) atoms. The van der Waals surface area contributed by atoms with Crippen LogP contribution in [0.15, 0.2) is 30.6 Å². The zero-order valence-corrected chi connectivity index (χ0v) is 16.1. The maximum atomic E-state index is 5.95. The summed E-state index contributed by atoms with van der Waals surface area (Å²) in [5, 5.41) is 0. The quantitative estimate of drug-likeness (QED) is 0.747. The second-order valence-electron chi connectivity index (χ2n) is 7.28. The molecule has 2 N–H and O–H groups in total. The van der Waals surface area contributed by atoms with Crippen LogP contribution in [0.2, 0.25) is 0 Å². The molecule has 3 heterocycles. The monoisotopic (exact) mass is 365 g/mol. The second-order valence-corrected chi connectivity index (χ2v) is 7.28. The molecule has 0 amide bonds. The number of hydrogen-bond acceptors (Lipinski definition) is 6. The van der Waals surface area contributed by atoms with E-state index in [9.17, 15) is 0 Å². The zero-order chi connectivity index (χ0) is 18.8. The molecule has 0 bridgehead atoms. The van der Waals surface area contributed by atoms with Gasteiger partial charge in [-0.25, -0.2) is 15.0 Å². The van der Waals surface area contributed by atoms with E-state index >= 15 is 0 Å². The van der Waals surface area contributed by atoms with E-state index in [2.05, 4.69) is 60.5 Å². The number of piperazine rings is 1. The fourth-order valence-electron chi connectivity index (χ4n) is 3.69. The Balaban J connectivity index is 1.29. The predicted octanol–water partition coefficient (Wildman–Crippen LogP) is 2.24. The van der Waals surface area contributed by atoms with E-state index in [-0.39, 0.29) is 0 Å². The van der Waals surface area contributed by atoms with Gasteiger partial charge in [0.1, 0.15) is 11.3 Å². The molecule has 0 spiro atoms. The van der Waals surface area contributed by atoms with Crippen molar-refractivity contribution in [3.05, 3.63) is 42.0 Å². The molecule has 1 aliphatic rings. The van der Waals surface area contributed by atoms with E-state index < -0.39 is 0 Å². The smallest absolute Gasteiger partial charge is 0.165 e. The van der Waals surface area contributed by atoms with Gasteiger partial charge in [-0.2, -0.15) is 0 Å². The molecule has 1 aliphatic heterocycles. The van der Waals surface area contributed by atoms with Gasteiger partial charge in [0.2, 0.25) is 0 Å². The molecule has 1 saturated heterocycles. The Kier molecular flexibility index (Phi) is 4.94. The molecule has 0 saturated carbocycles. The van der Waals surface area contributed by atoms with Crippen molar-refractivity contribution in [1.82, 2.24) is 24.4 Å². The Morgan fingerprint density at radius 1 is 0.963 bits per heavy atom. The van der Waals surface area contributed by atoms with Crippen molar-refractivity contribution in [2.75, 3.05) is 43.4 Å². The van der Waals surface area contributed by atoms with Gasteiger partial charge in [0, 0.05) is 38.4 Å². The number of hydrogen-bond donors (Lipinski definition) is 1. The third-order valence-electron chi connectivity index (χ3n) is 5.25. The predicted molar refractivity (Wildman–Crippen MR) is 109 cm³/mol. The van der Waals surface area contributed by atoms with Gasteiger partial charge < -0.3 is 15.2 Å². The zero-order valence-electron chi connectivity index (χ0n) is 16.1. The molecule has 4 rings (SSSR count). The molecule has 1 fully saturated rings. The van der Waals surface area contributed by atoms with Crippen molar-refractivity contribution in [1.29, 1.82) is 0 Å². The molecule has 0 radical (unpaired) electrons. The highest BCUT2D eigenvalue weighted by Gasteiger charge is 2.17. The number of nitrogens with zero attached hydrogens (tertiary/aromatic N) is 6. The average Bonchev–Trinajstić information content (AvgIpc) is 3.06. The summed E-state index contributed by atoms with van der Waals surface area (Å²) in [6.07, 6.45) is 2.89. The van der Waals surface area contributed by atoms with E-state index in [0.717, 1.165) is 51.3 Å². The van der Waals surface area contributed by atoms with Gasteiger partial charge in [-0.3, -0.25) is 4.90 Å². The molecule has 2 aromatic heterocycles. The normalized spacial score (nSPS) is 15.6. The molecule has 0 aliphatic carbocycles. The SMILES string of the molecule is Cc1ccc(N2CCN(CCCn3cnc4c(N)nc(C)nc43)CC2)cc1. The molecule has 7 heteroatoms. The van der Waals surface area contributed by atoms with Gasteiger partial charge in [0.25, 0.3) is 0 Å². The minimum absolute atomic E-state index is 0.462. The first-order valence-corrected chi connectivity index (χ1v) is 9.59. The van der Waals surface area contributed by atoms with Crippen LogP contribution in [0.5, 0.6) is 0 Å². The maximum Gasteiger partial charge on any atom is 0.165 e. The lowest BCUT2D eigenvalue weighted by molar-refractivity contribution is 0.251. The fraction of sp³-hybridized carbons (Fsp3) is 0.450. The molecular weight excluding hydrogens is 338 g/mol. The number of anilines is 2. The lowest BCUT2D eigenvalue weighted by Gasteiger charge is -2.36. The summed E-state index contributed by atoms with van der Waals surface area (Å²) in [7, 11) is 0. The third-order valence-corrected chi connectivity index (χ3v) is 5.25. The van der Waals surface area contributed by atoms with Gasteiger partial charge in [-0.1, -0.05) is 17.7 Å². The first kappa shape index (κ1) is 17.7. The maximum absolute atomic E-state index is 5.95. The van der Waals surface area contributed by atoms with Crippen LogP contribution in [0.1, 0.15) is 17.8 Å². The molecule has 7 nitrogen and oxygen atoms in total. The summed E-state index contributed by atoms with van der Waals surface area (Å²) in [5.41, 5.74) is 10.1. The van der Waals surface area contributed by atoms with Crippen LogP contribution in [-0.4, -0.2) is 57.1 Å². The minimum atomic E-state index is 0.462. The van der Waals surface area contributed by atoms with Gasteiger partial charge in [-0.05, 0) is 38.9 Å². The van der Waals surface area contributed by atoms with Crippen molar-refractivity contribution in [2.24, 2.45) is 0 Å². The highest BCUT2D eigenvalue weighted by Crippen LogP contribution is 2.18. The number of nitrogens with two attached hydrogens (primary N) is 1. The van der Waals surface area contributed by atoms with Gasteiger partial charge in [0.15, 0.2) is 11.5 Å². The second kappa shape index (κ2) is 7.52. The average molecular weight is 365 g/mol. The number of aryl methyl sites for hydroxylation is 3. The highest BCUT2D eigenvalue weighted by molar-refractivity contribution is 5.81. The van der Waals surface area contributed by atoms with Crippen LogP contribution in [0, 0.1) is 13.8 Å². The Morgan fingerprint density at radius 2 is 1.70 bits per heavy atom. The van der Waals surface area contributed by atoms with Crippen molar-refractivity contribution in [2.45, 2.75) is 26.8 Å². The Morgan fingerprint density at radius 3 is 2.44 bits per heavy atom. The lowest BCUT2D eigenvalue weighted by Crippen LogP contribution is -2.46. The summed E-state index contributed by atoms with van der Waals surface area (Å²) in [6, 6.07) is 8.83. The number of rotatable bonds is 5. The number of fused-ring (bicyclic) bond motifs is 1. The van der Waals surface area contributed by atoms with Gasteiger partial charge in [0.05, 0.1) is 6.33 Å². The summed E-state index contributed by atoms with van der Waals surface area (Å²) in [4.78, 5) is 18.1. The van der Waals surface area contributed by atoms with Crippen LogP contribution >= 0.6 is 0 Å². The number of benzene rings is 1. The highest BCUT2D eigenvalue weighted by atomic mass is 15.3. The molecular formula is C20H27N7. The van der Waals surface area contributed by atoms with Crippen LogP contribution < -0.4 is 10.6 Å². The number of imidazole rings is 1. The van der Waals surface area contributed by atoms with E-state index in [1.54, 1.807) is 0 Å². The molecule has 142 valence electrons. The van der Waals surface area contributed by atoms with Gasteiger partial charge in [-0.15, -0.1) is 0 Å².